The minimum Gasteiger partial charge on any atom is -0.492 e. The van der Waals surface area contributed by atoms with Crippen LogP contribution in [0.25, 0.3) is 16.6 Å². The number of carboxylic acid groups (broad SMARTS) is 1. The van der Waals surface area contributed by atoms with E-state index in [1.54, 1.807) is 4.57 Å². The molecule has 8 nitrogen and oxygen atoms in total. The Hall–Kier alpha value is -4.08. The van der Waals surface area contributed by atoms with E-state index in [9.17, 15) is 14.7 Å². The van der Waals surface area contributed by atoms with Crippen molar-refractivity contribution in [2.75, 3.05) is 55.7 Å². The number of ether oxygens (including phenoxy) is 1. The molecule has 3 aromatic carbocycles. The summed E-state index contributed by atoms with van der Waals surface area (Å²) in [5, 5.41) is 9.83. The van der Waals surface area contributed by atoms with E-state index in [1.165, 1.54) is 25.5 Å². The van der Waals surface area contributed by atoms with Gasteiger partial charge in [-0.15, -0.1) is 0 Å². The summed E-state index contributed by atoms with van der Waals surface area (Å²) in [7, 11) is 0. The maximum atomic E-state index is 15.8. The fourth-order valence-electron chi connectivity index (χ4n) is 6.36. The number of para-hydroxylation sites is 2. The number of carboxylic acids is 1. The molecule has 1 N–H and O–H groups in total. The molecule has 3 heterocycles. The number of piperidine rings is 1. The quantitative estimate of drug-likeness (QED) is 0.252. The van der Waals surface area contributed by atoms with E-state index in [1.807, 2.05) is 60.4 Å². The molecule has 0 aliphatic carbocycles. The summed E-state index contributed by atoms with van der Waals surface area (Å²) in [5.74, 6) is -1.23. The Balaban J connectivity index is 1.36. The molecule has 0 atom stereocenters. The van der Waals surface area contributed by atoms with E-state index in [0.29, 0.717) is 38.5 Å². The zero-order valence-corrected chi connectivity index (χ0v) is 25.5. The number of piperazine rings is 1. The summed E-state index contributed by atoms with van der Waals surface area (Å²) in [6.07, 6.45) is 4.96. The first-order chi connectivity index (χ1) is 21.4. The highest BCUT2D eigenvalue weighted by Gasteiger charge is 2.27. The van der Waals surface area contributed by atoms with E-state index in [2.05, 4.69) is 9.80 Å². The molecule has 10 heteroatoms. The van der Waals surface area contributed by atoms with Gasteiger partial charge in [-0.1, -0.05) is 42.3 Å². The normalized spacial score (nSPS) is 16.0. The Morgan fingerprint density at radius 1 is 0.955 bits per heavy atom. The van der Waals surface area contributed by atoms with Gasteiger partial charge in [0.15, 0.2) is 0 Å². The Morgan fingerprint density at radius 3 is 2.32 bits per heavy atom. The van der Waals surface area contributed by atoms with Crippen LogP contribution in [0.4, 0.5) is 15.8 Å². The third kappa shape index (κ3) is 5.86. The number of halogens is 2. The van der Waals surface area contributed by atoms with Crippen molar-refractivity contribution in [3.05, 3.63) is 93.0 Å². The molecular weight excluding hydrogens is 583 g/mol. The second-order valence-electron chi connectivity index (χ2n) is 11.3. The first kappa shape index (κ1) is 30.0. The topological polar surface area (TPSA) is 78.2 Å². The molecule has 0 saturated carbocycles. The molecule has 1 aromatic heterocycles. The second-order valence-corrected chi connectivity index (χ2v) is 11.7. The van der Waals surface area contributed by atoms with E-state index in [0.717, 1.165) is 42.7 Å². The maximum absolute atomic E-state index is 15.8. The Kier molecular flexibility index (Phi) is 8.77. The number of nitrogens with zero attached hydrogens (tertiary/aromatic N) is 4. The number of aromatic nitrogens is 1. The van der Waals surface area contributed by atoms with Gasteiger partial charge >= 0.3 is 5.97 Å². The number of fused-ring (bicyclic) bond motifs is 1. The lowest BCUT2D eigenvalue weighted by Gasteiger charge is -2.38. The van der Waals surface area contributed by atoms with Crippen LogP contribution < -0.4 is 20.0 Å². The molecule has 44 heavy (non-hydrogen) atoms. The predicted molar refractivity (Wildman–Crippen MR) is 173 cm³/mol. The van der Waals surface area contributed by atoms with Crippen LogP contribution in [-0.2, 0) is 6.54 Å². The van der Waals surface area contributed by atoms with Crippen molar-refractivity contribution in [3.63, 3.8) is 0 Å². The van der Waals surface area contributed by atoms with Crippen molar-refractivity contribution in [2.45, 2.75) is 32.7 Å². The number of hydrogen-bond acceptors (Lipinski definition) is 6. The van der Waals surface area contributed by atoms with Gasteiger partial charge in [0, 0.05) is 44.6 Å². The Labute approximate surface area is 260 Å². The van der Waals surface area contributed by atoms with Gasteiger partial charge in [0.05, 0.1) is 33.9 Å². The van der Waals surface area contributed by atoms with E-state index >= 15 is 4.39 Å². The molecule has 0 spiro atoms. The molecule has 2 saturated heterocycles. The zero-order chi connectivity index (χ0) is 30.8. The highest BCUT2D eigenvalue weighted by atomic mass is 35.5. The summed E-state index contributed by atoms with van der Waals surface area (Å²) in [6.45, 7) is 7.70. The molecule has 0 radical (unpaired) electrons. The van der Waals surface area contributed by atoms with Crippen LogP contribution in [0.5, 0.6) is 5.75 Å². The third-order valence-electron chi connectivity index (χ3n) is 8.56. The first-order valence-electron chi connectivity index (χ1n) is 15.2. The van der Waals surface area contributed by atoms with E-state index in [4.69, 9.17) is 16.3 Å². The van der Waals surface area contributed by atoms with Crippen LogP contribution in [0.2, 0.25) is 5.02 Å². The highest BCUT2D eigenvalue weighted by Crippen LogP contribution is 2.38. The van der Waals surface area contributed by atoms with Gasteiger partial charge in [0.1, 0.15) is 17.1 Å². The van der Waals surface area contributed by atoms with Crippen LogP contribution in [0.1, 0.15) is 42.1 Å². The number of hydrogen-bond donors (Lipinski definition) is 1. The molecule has 2 aliphatic rings. The average Bonchev–Trinajstić information content (AvgIpc) is 3.03. The van der Waals surface area contributed by atoms with Gasteiger partial charge in [0.2, 0.25) is 5.43 Å². The number of likely N-dealkylation sites (tertiary alicyclic amines) is 1. The number of carbonyl (C=O) groups is 1. The van der Waals surface area contributed by atoms with Crippen molar-refractivity contribution in [1.29, 1.82) is 0 Å². The van der Waals surface area contributed by atoms with Crippen molar-refractivity contribution in [2.24, 2.45) is 0 Å². The van der Waals surface area contributed by atoms with E-state index in [-0.39, 0.29) is 21.6 Å². The Morgan fingerprint density at radius 2 is 1.64 bits per heavy atom. The second kappa shape index (κ2) is 12.9. The van der Waals surface area contributed by atoms with Crippen LogP contribution in [0, 0.1) is 5.82 Å². The summed E-state index contributed by atoms with van der Waals surface area (Å²) in [4.78, 5) is 31.8. The van der Waals surface area contributed by atoms with Gasteiger partial charge in [-0.05, 0) is 68.8 Å². The number of pyridine rings is 1. The lowest BCUT2D eigenvalue weighted by atomic mass is 10.1. The van der Waals surface area contributed by atoms with Gasteiger partial charge in [-0.2, -0.15) is 0 Å². The lowest BCUT2D eigenvalue weighted by Crippen LogP contribution is -2.47. The molecule has 4 aromatic rings. The summed E-state index contributed by atoms with van der Waals surface area (Å²) >= 11 is 6.99. The summed E-state index contributed by atoms with van der Waals surface area (Å²) < 4.78 is 23.2. The molecule has 230 valence electrons. The van der Waals surface area contributed by atoms with Crippen LogP contribution in [0.3, 0.4) is 0 Å². The molecule has 0 unspecified atom stereocenters. The molecule has 0 bridgehead atoms. The van der Waals surface area contributed by atoms with Crippen molar-refractivity contribution < 1.29 is 19.0 Å². The Bertz CT molecular complexity index is 1730. The number of anilines is 2. The zero-order valence-electron chi connectivity index (χ0n) is 24.8. The van der Waals surface area contributed by atoms with Crippen molar-refractivity contribution >= 4 is 39.8 Å². The average molecular weight is 619 g/mol. The van der Waals surface area contributed by atoms with Crippen LogP contribution in [0.15, 0.2) is 65.6 Å². The van der Waals surface area contributed by atoms with Gasteiger partial charge in [-0.3, -0.25) is 9.69 Å². The third-order valence-corrected chi connectivity index (χ3v) is 8.92. The van der Waals surface area contributed by atoms with Gasteiger partial charge < -0.3 is 24.2 Å². The first-order valence-corrected chi connectivity index (χ1v) is 15.6. The smallest absolute Gasteiger partial charge is 0.341 e. The number of benzene rings is 3. The SMILES string of the molecule is CCOc1ccccc1N1CCN(c2c(F)cc3c(=O)c(C(=O)O)cn(-c4ccc(CN5CCCCC5)cc4)c3c2Cl)CC1. The molecule has 0 amide bonds. The number of aromatic carboxylic acids is 1. The van der Waals surface area contributed by atoms with Crippen molar-refractivity contribution in [3.8, 4) is 11.4 Å². The van der Waals surface area contributed by atoms with Crippen LogP contribution in [-0.4, -0.2) is 66.4 Å². The minimum atomic E-state index is -1.38. The maximum Gasteiger partial charge on any atom is 0.341 e. The van der Waals surface area contributed by atoms with Gasteiger partial charge in [-0.25, -0.2) is 9.18 Å². The summed E-state index contributed by atoms with van der Waals surface area (Å²) in [6, 6.07) is 16.8. The fourth-order valence-corrected chi connectivity index (χ4v) is 6.76. The van der Waals surface area contributed by atoms with Gasteiger partial charge in [0.25, 0.3) is 0 Å². The number of rotatable bonds is 8. The monoisotopic (exact) mass is 618 g/mol. The lowest BCUT2D eigenvalue weighted by molar-refractivity contribution is 0.0695. The molecule has 2 fully saturated rings. The molecule has 6 rings (SSSR count). The highest BCUT2D eigenvalue weighted by molar-refractivity contribution is 6.38. The van der Waals surface area contributed by atoms with E-state index < -0.39 is 22.8 Å². The predicted octanol–water partition coefficient (Wildman–Crippen LogP) is 6.19. The molecule has 2 aliphatic heterocycles. The summed E-state index contributed by atoms with van der Waals surface area (Å²) in [5.41, 5.74) is 2.03. The van der Waals surface area contributed by atoms with Crippen molar-refractivity contribution in [1.82, 2.24) is 9.47 Å². The largest absolute Gasteiger partial charge is 0.492 e. The minimum absolute atomic E-state index is 0.0715. The standard InChI is InChI=1S/C34H36ClFN4O4/c1-2-44-29-9-5-4-8-28(29)38-16-18-39(19-17-38)32-27(36)20-25-31(30(32)35)40(22-26(33(25)41)34(42)43)24-12-10-23(11-13-24)21-37-14-6-3-7-15-37/h4-5,8-13,20,22H,2-3,6-7,14-19,21H2,1H3,(H,42,43). The van der Waals surface area contributed by atoms with Crippen LogP contribution >= 0.6 is 11.6 Å². The molecular formula is C34H36ClFN4O4. The fraction of sp³-hybridized carbons (Fsp3) is 0.353.